The monoisotopic (exact) mass is 320 g/mol. The number of benzene rings is 2. The van der Waals surface area contributed by atoms with Crippen LogP contribution in [0.15, 0.2) is 60.8 Å². The minimum absolute atomic E-state index is 0.536. The van der Waals surface area contributed by atoms with Gasteiger partial charge in [-0.2, -0.15) is 0 Å². The molecule has 1 fully saturated rings. The molecule has 0 spiro atoms. The van der Waals surface area contributed by atoms with Crippen molar-refractivity contribution in [3.63, 3.8) is 0 Å². The molecule has 122 valence electrons. The minimum Gasteiger partial charge on any atom is -0.497 e. The van der Waals surface area contributed by atoms with Crippen LogP contribution in [0.4, 0.5) is 0 Å². The number of ether oxygens (including phenoxy) is 1. The van der Waals surface area contributed by atoms with Crippen molar-refractivity contribution < 1.29 is 4.74 Å². The Morgan fingerprint density at radius 3 is 2.88 bits per heavy atom. The van der Waals surface area contributed by atoms with Crippen molar-refractivity contribution in [2.24, 2.45) is 0 Å². The zero-order chi connectivity index (χ0) is 16.4. The molecule has 0 unspecified atom stereocenters. The summed E-state index contributed by atoms with van der Waals surface area (Å²) in [5, 5.41) is 12.0. The fourth-order valence-corrected chi connectivity index (χ4v) is 2.98. The van der Waals surface area contributed by atoms with Crippen molar-refractivity contribution in [3.8, 4) is 11.4 Å². The van der Waals surface area contributed by atoms with Gasteiger partial charge in [0.25, 0.3) is 0 Å². The van der Waals surface area contributed by atoms with E-state index in [1.165, 1.54) is 12.0 Å². The lowest BCUT2D eigenvalue weighted by atomic mass is 10.1. The lowest BCUT2D eigenvalue weighted by Gasteiger charge is -2.03. The Kier molecular flexibility index (Phi) is 4.01. The maximum absolute atomic E-state index is 5.25. The predicted octanol–water partition coefficient (Wildman–Crippen LogP) is 2.92. The molecule has 0 amide bonds. The molecule has 2 aromatic carbocycles. The number of hydrogen-bond donors (Lipinski definition) is 1. The molecule has 2 atom stereocenters. The van der Waals surface area contributed by atoms with Crippen LogP contribution in [0.3, 0.4) is 0 Å². The molecule has 1 aliphatic rings. The first kappa shape index (κ1) is 14.9. The van der Waals surface area contributed by atoms with Gasteiger partial charge in [0, 0.05) is 24.6 Å². The molecule has 24 heavy (non-hydrogen) atoms. The van der Waals surface area contributed by atoms with Gasteiger partial charge in [-0.15, -0.1) is 5.10 Å². The highest BCUT2D eigenvalue weighted by molar-refractivity contribution is 5.38. The summed E-state index contributed by atoms with van der Waals surface area (Å²) < 4.78 is 7.03. The van der Waals surface area contributed by atoms with Gasteiger partial charge in [0.15, 0.2) is 0 Å². The average molecular weight is 320 g/mol. The van der Waals surface area contributed by atoms with Crippen LogP contribution >= 0.6 is 0 Å². The fourth-order valence-electron chi connectivity index (χ4n) is 2.98. The van der Waals surface area contributed by atoms with E-state index in [2.05, 4.69) is 46.0 Å². The molecule has 1 heterocycles. The normalized spacial score (nSPS) is 19.2. The van der Waals surface area contributed by atoms with Gasteiger partial charge in [0.1, 0.15) is 5.75 Å². The lowest BCUT2D eigenvalue weighted by molar-refractivity contribution is 0.414. The Bertz CT molecular complexity index is 815. The van der Waals surface area contributed by atoms with E-state index in [-0.39, 0.29) is 0 Å². The lowest BCUT2D eigenvalue weighted by Crippen LogP contribution is -2.17. The Labute approximate surface area is 141 Å². The van der Waals surface area contributed by atoms with Gasteiger partial charge in [0.2, 0.25) is 0 Å². The second-order valence-electron chi connectivity index (χ2n) is 6.10. The summed E-state index contributed by atoms with van der Waals surface area (Å²) >= 11 is 0. The summed E-state index contributed by atoms with van der Waals surface area (Å²) in [6, 6.07) is 19.0. The van der Waals surface area contributed by atoms with Crippen LogP contribution in [-0.4, -0.2) is 28.1 Å². The predicted molar refractivity (Wildman–Crippen MR) is 92.3 cm³/mol. The van der Waals surface area contributed by atoms with Crippen LogP contribution in [-0.2, 0) is 6.54 Å². The van der Waals surface area contributed by atoms with E-state index >= 15 is 0 Å². The molecule has 1 aliphatic carbocycles. The van der Waals surface area contributed by atoms with Crippen LogP contribution < -0.4 is 10.1 Å². The first-order valence-corrected chi connectivity index (χ1v) is 8.17. The number of aromatic nitrogens is 3. The van der Waals surface area contributed by atoms with Crippen molar-refractivity contribution in [1.29, 1.82) is 0 Å². The SMILES string of the molecule is COc1cccc(-n2cc(CN[C@@H]3C[C@H]3c3ccccc3)nn2)c1. The summed E-state index contributed by atoms with van der Waals surface area (Å²) in [4.78, 5) is 0. The average Bonchev–Trinajstić information content (AvgIpc) is 3.28. The maximum Gasteiger partial charge on any atom is 0.121 e. The van der Waals surface area contributed by atoms with Gasteiger partial charge in [-0.1, -0.05) is 41.6 Å². The van der Waals surface area contributed by atoms with Gasteiger partial charge in [-0.05, 0) is 24.1 Å². The highest BCUT2D eigenvalue weighted by atomic mass is 16.5. The molecule has 4 rings (SSSR count). The molecule has 1 N–H and O–H groups in total. The van der Waals surface area contributed by atoms with E-state index in [0.717, 1.165) is 23.7 Å². The quantitative estimate of drug-likeness (QED) is 0.759. The Morgan fingerprint density at radius 2 is 2.04 bits per heavy atom. The third kappa shape index (κ3) is 3.16. The van der Waals surface area contributed by atoms with Crippen LogP contribution in [0, 0.1) is 0 Å². The number of methoxy groups -OCH3 is 1. The van der Waals surface area contributed by atoms with E-state index in [1.54, 1.807) is 11.8 Å². The first-order valence-electron chi connectivity index (χ1n) is 8.17. The molecule has 1 saturated carbocycles. The van der Waals surface area contributed by atoms with E-state index in [0.29, 0.717) is 12.0 Å². The smallest absolute Gasteiger partial charge is 0.121 e. The van der Waals surface area contributed by atoms with Gasteiger partial charge in [0.05, 0.1) is 24.7 Å². The van der Waals surface area contributed by atoms with Crippen LogP contribution in [0.2, 0.25) is 0 Å². The number of nitrogens with zero attached hydrogens (tertiary/aromatic N) is 3. The van der Waals surface area contributed by atoms with E-state index < -0.39 is 0 Å². The first-order chi connectivity index (χ1) is 11.8. The van der Waals surface area contributed by atoms with Crippen molar-refractivity contribution in [3.05, 3.63) is 72.1 Å². The van der Waals surface area contributed by atoms with Gasteiger partial charge in [-0.3, -0.25) is 0 Å². The third-order valence-electron chi connectivity index (χ3n) is 4.42. The number of nitrogens with one attached hydrogen (secondary N) is 1. The molecular formula is C19H20N4O. The van der Waals surface area contributed by atoms with Crippen molar-refractivity contribution in [1.82, 2.24) is 20.3 Å². The Hall–Kier alpha value is -2.66. The summed E-state index contributed by atoms with van der Waals surface area (Å²) in [5.41, 5.74) is 3.30. The largest absolute Gasteiger partial charge is 0.497 e. The number of rotatable bonds is 6. The molecular weight excluding hydrogens is 300 g/mol. The molecule has 3 aromatic rings. The highest BCUT2D eigenvalue weighted by Gasteiger charge is 2.37. The topological polar surface area (TPSA) is 52.0 Å². The maximum atomic E-state index is 5.25. The van der Waals surface area contributed by atoms with Crippen LogP contribution in [0.25, 0.3) is 5.69 Å². The molecule has 1 aromatic heterocycles. The fraction of sp³-hybridized carbons (Fsp3) is 0.263. The van der Waals surface area contributed by atoms with E-state index in [9.17, 15) is 0 Å². The van der Waals surface area contributed by atoms with Gasteiger partial charge >= 0.3 is 0 Å². The zero-order valence-corrected chi connectivity index (χ0v) is 13.6. The summed E-state index contributed by atoms with van der Waals surface area (Å²) in [5.74, 6) is 1.44. The molecule has 0 bridgehead atoms. The summed E-state index contributed by atoms with van der Waals surface area (Å²) in [6.07, 6.45) is 3.15. The Morgan fingerprint density at radius 1 is 1.17 bits per heavy atom. The molecule has 5 heteroatoms. The standard InChI is InChI=1S/C19H20N4O/c1-24-17-9-5-8-16(10-17)23-13-15(21-22-23)12-20-19-11-18(19)14-6-3-2-4-7-14/h2-10,13,18-20H,11-12H2,1H3/t18-,19+/m0/s1. The van der Waals surface area contributed by atoms with Gasteiger partial charge in [-0.25, -0.2) is 4.68 Å². The van der Waals surface area contributed by atoms with Crippen molar-refractivity contribution >= 4 is 0 Å². The molecule has 0 radical (unpaired) electrons. The zero-order valence-electron chi connectivity index (χ0n) is 13.6. The van der Waals surface area contributed by atoms with E-state index in [4.69, 9.17) is 4.74 Å². The van der Waals surface area contributed by atoms with Crippen molar-refractivity contribution in [2.45, 2.75) is 24.9 Å². The minimum atomic E-state index is 0.536. The molecule has 5 nitrogen and oxygen atoms in total. The summed E-state index contributed by atoms with van der Waals surface area (Å²) in [7, 11) is 1.66. The second-order valence-corrected chi connectivity index (χ2v) is 6.10. The van der Waals surface area contributed by atoms with E-state index in [1.807, 2.05) is 30.5 Å². The highest BCUT2D eigenvalue weighted by Crippen LogP contribution is 2.40. The third-order valence-corrected chi connectivity index (χ3v) is 4.42. The van der Waals surface area contributed by atoms with Crippen LogP contribution in [0.1, 0.15) is 23.6 Å². The van der Waals surface area contributed by atoms with Crippen molar-refractivity contribution in [2.75, 3.05) is 7.11 Å². The molecule has 0 saturated heterocycles. The van der Waals surface area contributed by atoms with Gasteiger partial charge < -0.3 is 10.1 Å². The van der Waals surface area contributed by atoms with Crippen LogP contribution in [0.5, 0.6) is 5.75 Å². The summed E-state index contributed by atoms with van der Waals surface area (Å²) in [6.45, 7) is 0.734. The second kappa shape index (κ2) is 6.45. The number of hydrogen-bond acceptors (Lipinski definition) is 4. The Balaban J connectivity index is 1.36. The molecule has 0 aliphatic heterocycles.